The van der Waals surface area contributed by atoms with Gasteiger partial charge in [0.05, 0.1) is 24.9 Å². The lowest BCUT2D eigenvalue weighted by atomic mass is 9.88. The first-order valence-electron chi connectivity index (χ1n) is 14.0. The highest BCUT2D eigenvalue weighted by Crippen LogP contribution is 2.27. The number of aryl methyl sites for hydroxylation is 1. The second-order valence-corrected chi connectivity index (χ2v) is 11.1. The average Bonchev–Trinajstić information content (AvgIpc) is 2.86. The van der Waals surface area contributed by atoms with E-state index in [0.717, 1.165) is 37.7 Å². The molecule has 0 heterocycles. The monoisotopic (exact) mass is 542 g/mol. The molecule has 0 spiro atoms. The molecular weight excluding hydrogens is 499 g/mol. The second-order valence-electron chi connectivity index (χ2n) is 11.1. The van der Waals surface area contributed by atoms with Crippen LogP contribution in [0.1, 0.15) is 74.4 Å². The predicted octanol–water partition coefficient (Wildman–Crippen LogP) is 6.89. The van der Waals surface area contributed by atoms with Crippen molar-refractivity contribution in [3.63, 3.8) is 0 Å². The summed E-state index contributed by atoms with van der Waals surface area (Å²) in [6, 6.07) is 11.1. The van der Waals surface area contributed by atoms with Crippen LogP contribution in [0.3, 0.4) is 0 Å². The molecular formula is C31H43FN2O5. The zero-order valence-corrected chi connectivity index (χ0v) is 23.6. The van der Waals surface area contributed by atoms with Crippen molar-refractivity contribution in [2.24, 2.45) is 11.8 Å². The largest absolute Gasteiger partial charge is 0.478 e. The van der Waals surface area contributed by atoms with E-state index in [1.54, 1.807) is 36.1 Å². The van der Waals surface area contributed by atoms with E-state index in [1.165, 1.54) is 12.1 Å². The van der Waals surface area contributed by atoms with Crippen molar-refractivity contribution in [3.05, 3.63) is 65.0 Å². The van der Waals surface area contributed by atoms with Crippen molar-refractivity contribution in [2.45, 2.75) is 78.6 Å². The lowest BCUT2D eigenvalue weighted by Gasteiger charge is -2.33. The Labute approximate surface area is 231 Å². The fourth-order valence-corrected chi connectivity index (χ4v) is 5.45. The molecule has 1 aliphatic rings. The minimum atomic E-state index is -0.931. The third-order valence-corrected chi connectivity index (χ3v) is 7.29. The smallest absolute Gasteiger partial charge is 0.336 e. The zero-order valence-electron chi connectivity index (χ0n) is 23.6. The molecule has 0 saturated heterocycles. The number of carboxylic acid groups (broad SMARTS) is 1. The number of ether oxygens (including phenoxy) is 2. The average molecular weight is 543 g/mol. The van der Waals surface area contributed by atoms with E-state index in [1.807, 2.05) is 13.0 Å². The van der Waals surface area contributed by atoms with Gasteiger partial charge < -0.3 is 24.8 Å². The van der Waals surface area contributed by atoms with Gasteiger partial charge in [-0.25, -0.2) is 14.0 Å². The summed E-state index contributed by atoms with van der Waals surface area (Å²) in [4.78, 5) is 26.5. The van der Waals surface area contributed by atoms with Gasteiger partial charge in [0.25, 0.3) is 0 Å². The first-order chi connectivity index (χ1) is 18.6. The number of aromatic carboxylic acids is 1. The summed E-state index contributed by atoms with van der Waals surface area (Å²) < 4.78 is 25.8. The molecule has 1 aliphatic carbocycles. The Bertz CT molecular complexity index is 1090. The van der Waals surface area contributed by atoms with Gasteiger partial charge in [0.15, 0.2) is 0 Å². The van der Waals surface area contributed by atoms with Crippen molar-refractivity contribution >= 4 is 17.7 Å². The number of benzene rings is 2. The standard InChI is InChI=1S/C31H43FN2O5/c1-21(2)16-23(4)34(31(37)33-27-12-7-11-26(32)18-27)14-15-39-28-13-6-9-24(17-28)19-38-20-25-10-5-8-22(3)29(25)30(35)36/h5,7-8,10-12,18,21,23-24,28H,6,9,13-17,19-20H2,1-4H3,(H,33,37)(H,35,36)/t23?,24?,28-/m0/s1. The summed E-state index contributed by atoms with van der Waals surface area (Å²) >= 11 is 0. The molecule has 3 rings (SSSR count). The number of nitrogens with one attached hydrogen (secondary N) is 1. The molecule has 2 unspecified atom stereocenters. The number of hydrogen-bond donors (Lipinski definition) is 2. The summed E-state index contributed by atoms with van der Waals surface area (Å²) in [5.74, 6) is -0.556. The maximum Gasteiger partial charge on any atom is 0.336 e. The molecule has 39 heavy (non-hydrogen) atoms. The van der Waals surface area contributed by atoms with Crippen LogP contribution in [-0.2, 0) is 16.1 Å². The van der Waals surface area contributed by atoms with Gasteiger partial charge in [0.1, 0.15) is 5.82 Å². The predicted molar refractivity (Wildman–Crippen MR) is 151 cm³/mol. The Balaban J connectivity index is 1.49. The molecule has 8 heteroatoms. The highest BCUT2D eigenvalue weighted by Gasteiger charge is 2.25. The first-order valence-corrected chi connectivity index (χ1v) is 14.0. The number of carbonyl (C=O) groups excluding carboxylic acids is 1. The molecule has 0 bridgehead atoms. The van der Waals surface area contributed by atoms with E-state index in [0.29, 0.717) is 48.4 Å². The molecule has 2 aromatic rings. The molecule has 1 saturated carbocycles. The Hall–Kier alpha value is -2.97. The molecule has 0 radical (unpaired) electrons. The van der Waals surface area contributed by atoms with E-state index in [4.69, 9.17) is 9.47 Å². The molecule has 0 aliphatic heterocycles. The topological polar surface area (TPSA) is 88.1 Å². The van der Waals surface area contributed by atoms with Crippen LogP contribution >= 0.6 is 0 Å². The van der Waals surface area contributed by atoms with Crippen LogP contribution in [0.25, 0.3) is 0 Å². The maximum absolute atomic E-state index is 13.6. The van der Waals surface area contributed by atoms with Gasteiger partial charge >= 0.3 is 12.0 Å². The molecule has 0 aromatic heterocycles. The van der Waals surface area contributed by atoms with Crippen LogP contribution < -0.4 is 5.32 Å². The van der Waals surface area contributed by atoms with Gasteiger partial charge in [-0.2, -0.15) is 0 Å². The van der Waals surface area contributed by atoms with E-state index < -0.39 is 11.8 Å². The normalized spacial score (nSPS) is 18.1. The van der Waals surface area contributed by atoms with Gasteiger partial charge in [-0.05, 0) is 80.7 Å². The molecule has 1 fully saturated rings. The summed E-state index contributed by atoms with van der Waals surface area (Å²) in [7, 11) is 0. The number of urea groups is 1. The number of amides is 2. The second kappa shape index (κ2) is 15.0. The third-order valence-electron chi connectivity index (χ3n) is 7.29. The lowest BCUT2D eigenvalue weighted by Crippen LogP contribution is -2.44. The Kier molecular flexibility index (Phi) is 11.7. The fourth-order valence-electron chi connectivity index (χ4n) is 5.45. The maximum atomic E-state index is 13.6. The van der Waals surface area contributed by atoms with Crippen LogP contribution in [-0.4, -0.2) is 53.9 Å². The first kappa shape index (κ1) is 30.6. The van der Waals surface area contributed by atoms with Crippen LogP contribution in [0.15, 0.2) is 42.5 Å². The Morgan fingerprint density at radius 3 is 2.64 bits per heavy atom. The number of halogens is 1. The molecule has 7 nitrogen and oxygen atoms in total. The number of carbonyl (C=O) groups is 2. The van der Waals surface area contributed by atoms with Crippen molar-refractivity contribution in [1.82, 2.24) is 4.90 Å². The van der Waals surface area contributed by atoms with Crippen LogP contribution in [0.5, 0.6) is 0 Å². The molecule has 214 valence electrons. The Morgan fingerprint density at radius 1 is 1.15 bits per heavy atom. The molecule has 2 aromatic carbocycles. The minimum absolute atomic E-state index is 0.00646. The third kappa shape index (κ3) is 9.62. The summed E-state index contributed by atoms with van der Waals surface area (Å²) in [6.45, 7) is 9.77. The fraction of sp³-hybridized carbons (Fsp3) is 0.548. The quantitative estimate of drug-likeness (QED) is 0.288. The van der Waals surface area contributed by atoms with Gasteiger partial charge in [0.2, 0.25) is 0 Å². The van der Waals surface area contributed by atoms with E-state index >= 15 is 0 Å². The highest BCUT2D eigenvalue weighted by molar-refractivity contribution is 5.91. The van der Waals surface area contributed by atoms with Gasteiger partial charge in [-0.1, -0.05) is 44.5 Å². The number of anilines is 1. The van der Waals surface area contributed by atoms with Crippen molar-refractivity contribution in [3.8, 4) is 0 Å². The number of carboxylic acids is 1. The van der Waals surface area contributed by atoms with E-state index in [9.17, 15) is 19.1 Å². The highest BCUT2D eigenvalue weighted by atomic mass is 19.1. The summed E-state index contributed by atoms with van der Waals surface area (Å²) in [5, 5.41) is 12.4. The lowest BCUT2D eigenvalue weighted by molar-refractivity contribution is -0.0156. The van der Waals surface area contributed by atoms with Crippen molar-refractivity contribution in [1.29, 1.82) is 0 Å². The van der Waals surface area contributed by atoms with E-state index in [-0.39, 0.29) is 24.8 Å². The van der Waals surface area contributed by atoms with Gasteiger partial charge in [-0.15, -0.1) is 0 Å². The van der Waals surface area contributed by atoms with Crippen molar-refractivity contribution < 1.29 is 28.6 Å². The SMILES string of the molecule is Cc1cccc(COCC2CCC[C@H](OCCN(C(=O)Nc3cccc(F)c3)C(C)CC(C)C)C2)c1C(=O)O. The Morgan fingerprint density at radius 2 is 1.92 bits per heavy atom. The molecule has 2 amide bonds. The van der Waals surface area contributed by atoms with Crippen molar-refractivity contribution in [2.75, 3.05) is 25.1 Å². The number of rotatable bonds is 13. The number of hydrogen-bond acceptors (Lipinski definition) is 4. The van der Waals surface area contributed by atoms with Gasteiger partial charge in [0, 0.05) is 24.9 Å². The summed E-state index contributed by atoms with van der Waals surface area (Å²) in [6.07, 6.45) is 4.87. The zero-order chi connectivity index (χ0) is 28.4. The van der Waals surface area contributed by atoms with Crippen LogP contribution in [0.2, 0.25) is 0 Å². The molecule has 2 N–H and O–H groups in total. The van der Waals surface area contributed by atoms with Crippen LogP contribution in [0.4, 0.5) is 14.9 Å². The molecule has 3 atom stereocenters. The van der Waals surface area contributed by atoms with Gasteiger partial charge in [-0.3, -0.25) is 0 Å². The van der Waals surface area contributed by atoms with E-state index in [2.05, 4.69) is 19.2 Å². The van der Waals surface area contributed by atoms with Crippen LogP contribution in [0, 0.1) is 24.6 Å². The minimum Gasteiger partial charge on any atom is -0.478 e. The summed E-state index contributed by atoms with van der Waals surface area (Å²) in [5.41, 5.74) is 2.17. The number of nitrogens with zero attached hydrogens (tertiary/aromatic N) is 1.